The van der Waals surface area contributed by atoms with Crippen LogP contribution in [0.25, 0.3) is 22.3 Å². The molecule has 0 aliphatic carbocycles. The molecule has 1 aromatic heterocycles. The first-order valence-corrected chi connectivity index (χ1v) is 5.95. The first kappa shape index (κ1) is 11.5. The van der Waals surface area contributed by atoms with Crippen molar-refractivity contribution in [2.75, 3.05) is 0 Å². The average Bonchev–Trinajstić information content (AvgIpc) is 2.85. The molecule has 3 rings (SSSR count). The molecule has 1 N–H and O–H groups in total. The van der Waals surface area contributed by atoms with Crippen LogP contribution >= 0.6 is 0 Å². The molecule has 0 aliphatic heterocycles. The van der Waals surface area contributed by atoms with Crippen LogP contribution in [0, 0.1) is 11.3 Å². The maximum absolute atomic E-state index is 9.56. The second kappa shape index (κ2) is 4.60. The van der Waals surface area contributed by atoms with Crippen LogP contribution in [-0.4, -0.2) is 5.11 Å². The molecule has 0 saturated carbocycles. The first-order chi connectivity index (χ1) is 9.33. The summed E-state index contributed by atoms with van der Waals surface area (Å²) in [6, 6.07) is 16.8. The van der Waals surface area contributed by atoms with Crippen molar-refractivity contribution in [1.29, 1.82) is 5.26 Å². The second-order valence-corrected chi connectivity index (χ2v) is 4.25. The number of para-hydroxylation sites is 1. The lowest BCUT2D eigenvalue weighted by Gasteiger charge is -2.00. The van der Waals surface area contributed by atoms with Gasteiger partial charge in [0.25, 0.3) is 0 Å². The molecule has 0 saturated heterocycles. The number of rotatable bonds is 2. The molecule has 92 valence electrons. The fourth-order valence-corrected chi connectivity index (χ4v) is 2.19. The molecule has 3 aromatic rings. The SMILES string of the molecule is N#Cc1ccc(-c2oc3ccccc3c2CO)cc1. The fraction of sp³-hybridized carbons (Fsp3) is 0.0625. The number of furan rings is 1. The van der Waals surface area contributed by atoms with E-state index >= 15 is 0 Å². The summed E-state index contributed by atoms with van der Waals surface area (Å²) in [5.74, 6) is 0.660. The minimum atomic E-state index is -0.0770. The van der Waals surface area contributed by atoms with Crippen molar-refractivity contribution in [2.45, 2.75) is 6.61 Å². The molecule has 0 atom stereocenters. The molecule has 19 heavy (non-hydrogen) atoms. The minimum absolute atomic E-state index is 0.0770. The predicted octanol–water partition coefficient (Wildman–Crippen LogP) is 3.46. The zero-order valence-corrected chi connectivity index (χ0v) is 10.1. The molecule has 0 spiro atoms. The highest BCUT2D eigenvalue weighted by atomic mass is 16.3. The average molecular weight is 249 g/mol. The van der Waals surface area contributed by atoms with Crippen molar-refractivity contribution in [3.05, 3.63) is 59.7 Å². The third-order valence-corrected chi connectivity index (χ3v) is 3.13. The number of nitriles is 1. The minimum Gasteiger partial charge on any atom is -0.456 e. The Morgan fingerprint density at radius 1 is 1.05 bits per heavy atom. The summed E-state index contributed by atoms with van der Waals surface area (Å²) in [5, 5.41) is 19.3. The van der Waals surface area contributed by atoms with E-state index in [1.165, 1.54) is 0 Å². The summed E-state index contributed by atoms with van der Waals surface area (Å²) in [6.45, 7) is -0.0770. The number of fused-ring (bicyclic) bond motifs is 1. The summed E-state index contributed by atoms with van der Waals surface area (Å²) in [6.07, 6.45) is 0. The van der Waals surface area contributed by atoms with E-state index in [0.29, 0.717) is 11.3 Å². The molecule has 0 radical (unpaired) electrons. The Labute approximate surface area is 110 Å². The van der Waals surface area contributed by atoms with Gasteiger partial charge in [0.15, 0.2) is 0 Å². The van der Waals surface area contributed by atoms with Gasteiger partial charge in [0, 0.05) is 16.5 Å². The molecule has 1 heterocycles. The van der Waals surface area contributed by atoms with E-state index in [1.54, 1.807) is 12.1 Å². The molecule has 0 amide bonds. The quantitative estimate of drug-likeness (QED) is 0.756. The highest BCUT2D eigenvalue weighted by molar-refractivity contribution is 5.87. The van der Waals surface area contributed by atoms with E-state index in [1.807, 2.05) is 36.4 Å². The van der Waals surface area contributed by atoms with E-state index in [-0.39, 0.29) is 6.61 Å². The fourth-order valence-electron chi connectivity index (χ4n) is 2.19. The second-order valence-electron chi connectivity index (χ2n) is 4.25. The number of hydrogen-bond acceptors (Lipinski definition) is 3. The summed E-state index contributed by atoms with van der Waals surface area (Å²) in [7, 11) is 0. The number of aliphatic hydroxyl groups is 1. The van der Waals surface area contributed by atoms with Gasteiger partial charge in [-0.2, -0.15) is 5.26 Å². The number of aliphatic hydroxyl groups excluding tert-OH is 1. The first-order valence-electron chi connectivity index (χ1n) is 5.95. The summed E-state index contributed by atoms with van der Waals surface area (Å²) < 4.78 is 5.81. The molecule has 0 unspecified atom stereocenters. The van der Waals surface area contributed by atoms with Crippen molar-refractivity contribution in [2.24, 2.45) is 0 Å². The molecular weight excluding hydrogens is 238 g/mol. The molecule has 0 fully saturated rings. The summed E-state index contributed by atoms with van der Waals surface area (Å²) in [4.78, 5) is 0. The zero-order valence-electron chi connectivity index (χ0n) is 10.1. The maximum atomic E-state index is 9.56. The van der Waals surface area contributed by atoms with Gasteiger partial charge in [0.2, 0.25) is 0 Å². The molecule has 0 aliphatic rings. The smallest absolute Gasteiger partial charge is 0.140 e. The van der Waals surface area contributed by atoms with E-state index in [0.717, 1.165) is 22.1 Å². The number of benzene rings is 2. The molecule has 3 nitrogen and oxygen atoms in total. The molecule has 3 heteroatoms. The summed E-state index contributed by atoms with van der Waals surface area (Å²) in [5.41, 5.74) is 3.00. The van der Waals surface area contributed by atoms with Crippen molar-refractivity contribution in [1.82, 2.24) is 0 Å². The van der Waals surface area contributed by atoms with Crippen LogP contribution < -0.4 is 0 Å². The van der Waals surface area contributed by atoms with Gasteiger partial charge in [-0.15, -0.1) is 0 Å². The van der Waals surface area contributed by atoms with Crippen LogP contribution in [0.15, 0.2) is 52.9 Å². The van der Waals surface area contributed by atoms with Gasteiger partial charge < -0.3 is 9.52 Å². The Bertz CT molecular complexity index is 764. The Balaban J connectivity index is 2.21. The van der Waals surface area contributed by atoms with Crippen LogP contribution in [0.3, 0.4) is 0 Å². The predicted molar refractivity (Wildman–Crippen MR) is 72.3 cm³/mol. The number of nitrogens with zero attached hydrogens (tertiary/aromatic N) is 1. The van der Waals surface area contributed by atoms with E-state index in [4.69, 9.17) is 9.68 Å². The lowest BCUT2D eigenvalue weighted by Crippen LogP contribution is -1.85. The summed E-state index contributed by atoms with van der Waals surface area (Å²) >= 11 is 0. The lowest BCUT2D eigenvalue weighted by molar-refractivity contribution is 0.282. The van der Waals surface area contributed by atoms with Crippen molar-refractivity contribution < 1.29 is 9.52 Å². The van der Waals surface area contributed by atoms with E-state index < -0.39 is 0 Å². The van der Waals surface area contributed by atoms with Gasteiger partial charge in [-0.3, -0.25) is 0 Å². The Hall–Kier alpha value is -2.57. The van der Waals surface area contributed by atoms with Crippen molar-refractivity contribution in [3.8, 4) is 17.4 Å². The normalized spacial score (nSPS) is 10.5. The van der Waals surface area contributed by atoms with Crippen LogP contribution in [0.1, 0.15) is 11.1 Å². The topological polar surface area (TPSA) is 57.2 Å². The number of hydrogen-bond donors (Lipinski definition) is 1. The Morgan fingerprint density at radius 3 is 2.47 bits per heavy atom. The van der Waals surface area contributed by atoms with Gasteiger partial charge in [-0.1, -0.05) is 18.2 Å². The highest BCUT2D eigenvalue weighted by Gasteiger charge is 2.14. The third kappa shape index (κ3) is 1.88. The standard InChI is InChI=1S/C16H11NO2/c17-9-11-5-7-12(8-6-11)16-14(10-18)13-3-1-2-4-15(13)19-16/h1-8,18H,10H2. The Morgan fingerprint density at radius 2 is 1.79 bits per heavy atom. The lowest BCUT2D eigenvalue weighted by atomic mass is 10.0. The van der Waals surface area contributed by atoms with Gasteiger partial charge in [0.1, 0.15) is 11.3 Å². The van der Waals surface area contributed by atoms with Gasteiger partial charge >= 0.3 is 0 Å². The van der Waals surface area contributed by atoms with Gasteiger partial charge in [-0.25, -0.2) is 0 Å². The van der Waals surface area contributed by atoms with Crippen LogP contribution in [-0.2, 0) is 6.61 Å². The highest BCUT2D eigenvalue weighted by Crippen LogP contribution is 2.33. The van der Waals surface area contributed by atoms with Crippen LogP contribution in [0.4, 0.5) is 0 Å². The largest absolute Gasteiger partial charge is 0.456 e. The Kier molecular flexibility index (Phi) is 2.79. The van der Waals surface area contributed by atoms with E-state index in [9.17, 15) is 5.11 Å². The maximum Gasteiger partial charge on any atom is 0.140 e. The van der Waals surface area contributed by atoms with Gasteiger partial charge in [-0.05, 0) is 30.3 Å². The van der Waals surface area contributed by atoms with Crippen molar-refractivity contribution in [3.63, 3.8) is 0 Å². The zero-order chi connectivity index (χ0) is 13.2. The van der Waals surface area contributed by atoms with Crippen LogP contribution in [0.5, 0.6) is 0 Å². The van der Waals surface area contributed by atoms with E-state index in [2.05, 4.69) is 6.07 Å². The van der Waals surface area contributed by atoms with Crippen molar-refractivity contribution >= 4 is 11.0 Å². The van der Waals surface area contributed by atoms with Crippen LogP contribution in [0.2, 0.25) is 0 Å². The molecular formula is C16H11NO2. The van der Waals surface area contributed by atoms with Gasteiger partial charge in [0.05, 0.1) is 18.2 Å². The molecule has 2 aromatic carbocycles. The monoisotopic (exact) mass is 249 g/mol. The molecule has 0 bridgehead atoms. The third-order valence-electron chi connectivity index (χ3n) is 3.13.